The summed E-state index contributed by atoms with van der Waals surface area (Å²) in [5.74, 6) is 0. The molecule has 8 rings (SSSR count). The van der Waals surface area contributed by atoms with Crippen molar-refractivity contribution in [3.8, 4) is 0 Å². The van der Waals surface area contributed by atoms with Crippen molar-refractivity contribution in [1.29, 1.82) is 0 Å². The molecule has 0 N–H and O–H groups in total. The van der Waals surface area contributed by atoms with E-state index in [1.165, 1.54) is 30.9 Å². The maximum Gasteiger partial charge on any atom is 0.159 e. The number of benzene rings is 6. The molecule has 0 atom stereocenters. The van der Waals surface area contributed by atoms with Gasteiger partial charge in [0.15, 0.2) is 5.58 Å². The average molecular weight is 492 g/mol. The number of hydrogen-bond acceptors (Lipinski definition) is 3. The maximum absolute atomic E-state index is 6.52. The van der Waals surface area contributed by atoms with Crippen molar-refractivity contribution in [2.24, 2.45) is 0 Å². The van der Waals surface area contributed by atoms with E-state index in [-0.39, 0.29) is 0 Å². The third kappa shape index (κ3) is 3.05. The molecule has 0 radical (unpaired) electrons. The van der Waals surface area contributed by atoms with Gasteiger partial charge in [-0.3, -0.25) is 0 Å². The van der Waals surface area contributed by atoms with Gasteiger partial charge in [-0.05, 0) is 36.4 Å². The van der Waals surface area contributed by atoms with Crippen LogP contribution in [0, 0.1) is 0 Å². The lowest BCUT2D eigenvalue weighted by Crippen LogP contribution is -2.10. The third-order valence-electron chi connectivity index (χ3n) is 7.24. The van der Waals surface area contributed by atoms with Crippen LogP contribution in [0.3, 0.4) is 0 Å². The van der Waals surface area contributed by atoms with Crippen molar-refractivity contribution >= 4 is 81.3 Å². The first kappa shape index (κ1) is 20.6. The number of para-hydroxylation sites is 3. The Morgan fingerprint density at radius 2 is 1.16 bits per heavy atom. The van der Waals surface area contributed by atoms with E-state index in [0.717, 1.165) is 39.0 Å². The summed E-state index contributed by atoms with van der Waals surface area (Å²) >= 11 is 1.87. The highest BCUT2D eigenvalue weighted by Crippen LogP contribution is 2.48. The number of rotatable bonds is 3. The standard InChI is InChI=1S/C34H21NOS/c1-2-11-22(12-3-1)35(29-18-10-17-26-24-14-6-8-19-31(24)36-33(26)29)30-21-28-25-15-7-9-20-32(25)37-34(28)27-16-5-4-13-23(27)30/h1-21H. The molecular formula is C34H21NOS. The summed E-state index contributed by atoms with van der Waals surface area (Å²) < 4.78 is 9.16. The van der Waals surface area contributed by atoms with Gasteiger partial charge in [0, 0.05) is 47.4 Å². The fraction of sp³-hybridized carbons (Fsp3) is 0. The van der Waals surface area contributed by atoms with Gasteiger partial charge in [0.25, 0.3) is 0 Å². The van der Waals surface area contributed by atoms with Crippen LogP contribution in [0.5, 0.6) is 0 Å². The zero-order valence-corrected chi connectivity index (χ0v) is 20.7. The number of fused-ring (bicyclic) bond motifs is 8. The summed E-state index contributed by atoms with van der Waals surface area (Å²) in [6, 6.07) is 45.2. The van der Waals surface area contributed by atoms with Crippen molar-refractivity contribution in [2.45, 2.75) is 0 Å². The number of nitrogens with zero attached hydrogens (tertiary/aromatic N) is 1. The van der Waals surface area contributed by atoms with Gasteiger partial charge in [-0.25, -0.2) is 0 Å². The van der Waals surface area contributed by atoms with E-state index in [2.05, 4.69) is 120 Å². The van der Waals surface area contributed by atoms with Crippen LogP contribution in [0.15, 0.2) is 132 Å². The predicted molar refractivity (Wildman–Crippen MR) is 159 cm³/mol. The van der Waals surface area contributed by atoms with Gasteiger partial charge in [-0.2, -0.15) is 0 Å². The van der Waals surface area contributed by atoms with E-state index in [0.29, 0.717) is 0 Å². The van der Waals surface area contributed by atoms with Gasteiger partial charge in [0.05, 0.1) is 11.4 Å². The molecule has 0 amide bonds. The molecule has 0 fully saturated rings. The third-order valence-corrected chi connectivity index (χ3v) is 8.46. The second-order valence-corrected chi connectivity index (χ2v) is 10.4. The van der Waals surface area contributed by atoms with Crippen molar-refractivity contribution in [1.82, 2.24) is 0 Å². The summed E-state index contributed by atoms with van der Waals surface area (Å²) in [4.78, 5) is 2.36. The minimum absolute atomic E-state index is 0.895. The SMILES string of the molecule is c1ccc(N(c2cc3c4ccccc4sc3c3ccccc23)c2cccc3c2oc2ccccc23)cc1. The van der Waals surface area contributed by atoms with Crippen LogP contribution in [0.2, 0.25) is 0 Å². The molecule has 0 bridgehead atoms. The van der Waals surface area contributed by atoms with Crippen LogP contribution in [-0.2, 0) is 0 Å². The lowest BCUT2D eigenvalue weighted by molar-refractivity contribution is 0.669. The van der Waals surface area contributed by atoms with Gasteiger partial charge < -0.3 is 9.32 Å². The Bertz CT molecular complexity index is 2100. The van der Waals surface area contributed by atoms with Crippen LogP contribution in [-0.4, -0.2) is 0 Å². The first-order valence-electron chi connectivity index (χ1n) is 12.5. The molecule has 0 aliphatic heterocycles. The fourth-order valence-electron chi connectivity index (χ4n) is 5.61. The molecule has 3 heteroatoms. The van der Waals surface area contributed by atoms with Crippen molar-refractivity contribution in [3.05, 3.63) is 127 Å². The molecule has 0 saturated heterocycles. The fourth-order valence-corrected chi connectivity index (χ4v) is 6.83. The van der Waals surface area contributed by atoms with E-state index in [4.69, 9.17) is 4.42 Å². The number of anilines is 3. The highest BCUT2D eigenvalue weighted by atomic mass is 32.1. The predicted octanol–water partition coefficient (Wildman–Crippen LogP) is 10.6. The zero-order chi connectivity index (χ0) is 24.3. The number of hydrogen-bond donors (Lipinski definition) is 0. The molecule has 0 aliphatic rings. The van der Waals surface area contributed by atoms with Crippen LogP contribution in [0.4, 0.5) is 17.1 Å². The smallest absolute Gasteiger partial charge is 0.159 e. The van der Waals surface area contributed by atoms with Crippen LogP contribution < -0.4 is 4.90 Å². The molecule has 2 heterocycles. The Morgan fingerprint density at radius 1 is 0.486 bits per heavy atom. The highest BCUT2D eigenvalue weighted by Gasteiger charge is 2.22. The molecule has 2 nitrogen and oxygen atoms in total. The van der Waals surface area contributed by atoms with Gasteiger partial charge in [-0.15, -0.1) is 11.3 Å². The van der Waals surface area contributed by atoms with E-state index in [1.807, 2.05) is 23.5 Å². The van der Waals surface area contributed by atoms with E-state index in [1.54, 1.807) is 0 Å². The number of furan rings is 1. The summed E-state index contributed by atoms with van der Waals surface area (Å²) in [5.41, 5.74) is 5.07. The summed E-state index contributed by atoms with van der Waals surface area (Å²) in [6.07, 6.45) is 0. The summed E-state index contributed by atoms with van der Waals surface area (Å²) in [7, 11) is 0. The average Bonchev–Trinajstić information content (AvgIpc) is 3.53. The van der Waals surface area contributed by atoms with Crippen LogP contribution in [0.25, 0.3) is 52.9 Å². The molecule has 2 aromatic heterocycles. The van der Waals surface area contributed by atoms with Crippen molar-refractivity contribution in [2.75, 3.05) is 4.90 Å². The molecule has 0 spiro atoms. The molecule has 37 heavy (non-hydrogen) atoms. The summed E-state index contributed by atoms with van der Waals surface area (Å²) in [6.45, 7) is 0. The second-order valence-electron chi connectivity index (χ2n) is 9.34. The molecule has 0 saturated carbocycles. The van der Waals surface area contributed by atoms with Crippen LogP contribution in [0.1, 0.15) is 0 Å². The lowest BCUT2D eigenvalue weighted by atomic mass is 10.0. The molecule has 174 valence electrons. The van der Waals surface area contributed by atoms with Gasteiger partial charge >= 0.3 is 0 Å². The Hall–Kier alpha value is -4.60. The lowest BCUT2D eigenvalue weighted by Gasteiger charge is -2.27. The quantitative estimate of drug-likeness (QED) is 0.244. The highest BCUT2D eigenvalue weighted by molar-refractivity contribution is 7.26. The van der Waals surface area contributed by atoms with Crippen molar-refractivity contribution in [3.63, 3.8) is 0 Å². The first-order valence-corrected chi connectivity index (χ1v) is 13.3. The molecule has 8 aromatic rings. The molecule has 0 unspecified atom stereocenters. The van der Waals surface area contributed by atoms with Gasteiger partial charge in [0.2, 0.25) is 0 Å². The van der Waals surface area contributed by atoms with Crippen LogP contribution >= 0.6 is 11.3 Å². The van der Waals surface area contributed by atoms with E-state index in [9.17, 15) is 0 Å². The first-order chi connectivity index (χ1) is 18.4. The topological polar surface area (TPSA) is 16.4 Å². The minimum Gasteiger partial charge on any atom is -0.454 e. The molecular weight excluding hydrogens is 470 g/mol. The Kier molecular flexibility index (Phi) is 4.42. The Labute approximate surface area is 217 Å². The normalized spacial score (nSPS) is 11.8. The monoisotopic (exact) mass is 491 g/mol. The number of thiophene rings is 1. The molecule has 0 aliphatic carbocycles. The van der Waals surface area contributed by atoms with E-state index < -0.39 is 0 Å². The van der Waals surface area contributed by atoms with Crippen molar-refractivity contribution < 1.29 is 4.42 Å². The Balaban J connectivity index is 1.52. The van der Waals surface area contributed by atoms with Gasteiger partial charge in [-0.1, -0.05) is 91.0 Å². The molecule has 6 aromatic carbocycles. The van der Waals surface area contributed by atoms with Gasteiger partial charge in [0.1, 0.15) is 5.58 Å². The Morgan fingerprint density at radius 3 is 2.03 bits per heavy atom. The maximum atomic E-state index is 6.52. The minimum atomic E-state index is 0.895. The summed E-state index contributed by atoms with van der Waals surface area (Å²) in [5, 5.41) is 7.33. The van der Waals surface area contributed by atoms with E-state index >= 15 is 0 Å². The zero-order valence-electron chi connectivity index (χ0n) is 19.9. The largest absolute Gasteiger partial charge is 0.454 e. The second kappa shape index (κ2) is 7.95.